The highest BCUT2D eigenvalue weighted by atomic mass is 35.5. The van der Waals surface area contributed by atoms with Gasteiger partial charge in [0.05, 0.1) is 18.0 Å². The molecule has 134 valence electrons. The Hall–Kier alpha value is -1.78. The number of hydrogen-bond donors (Lipinski definition) is 0. The van der Waals surface area contributed by atoms with Gasteiger partial charge in [0.25, 0.3) is 0 Å². The summed E-state index contributed by atoms with van der Waals surface area (Å²) in [5.74, 6) is 1.51. The molecule has 25 heavy (non-hydrogen) atoms. The molecule has 0 heterocycles. The minimum Gasteiger partial charge on any atom is -0.492 e. The summed E-state index contributed by atoms with van der Waals surface area (Å²) in [4.78, 5) is 6.47. The van der Waals surface area contributed by atoms with E-state index in [1.54, 1.807) is 18.3 Å². The van der Waals surface area contributed by atoms with Gasteiger partial charge >= 0.3 is 0 Å². The van der Waals surface area contributed by atoms with Crippen molar-refractivity contribution < 1.29 is 9.13 Å². The third-order valence-electron chi connectivity index (χ3n) is 3.52. The molecule has 0 N–H and O–H groups in total. The molecule has 2 aromatic carbocycles. The van der Waals surface area contributed by atoms with Gasteiger partial charge in [-0.2, -0.15) is 0 Å². The fourth-order valence-corrected chi connectivity index (χ4v) is 2.78. The number of alkyl halides is 2. The van der Waals surface area contributed by atoms with E-state index >= 15 is 0 Å². The lowest BCUT2D eigenvalue weighted by atomic mass is 10.2. The van der Waals surface area contributed by atoms with Crippen LogP contribution in [0.5, 0.6) is 5.75 Å². The van der Waals surface area contributed by atoms with E-state index in [1.807, 2.05) is 25.1 Å². The van der Waals surface area contributed by atoms with Crippen LogP contribution in [-0.2, 0) is 0 Å². The van der Waals surface area contributed by atoms with Crippen molar-refractivity contribution >= 4 is 40.8 Å². The molecule has 0 saturated heterocycles. The second-order valence-electron chi connectivity index (χ2n) is 5.26. The zero-order valence-electron chi connectivity index (χ0n) is 14.1. The number of ether oxygens (including phenoxy) is 1. The lowest BCUT2D eigenvalue weighted by molar-refractivity contribution is 0.340. The van der Waals surface area contributed by atoms with E-state index in [0.717, 1.165) is 17.0 Å². The van der Waals surface area contributed by atoms with E-state index in [1.165, 1.54) is 12.1 Å². The summed E-state index contributed by atoms with van der Waals surface area (Å²) in [6, 6.07) is 11.9. The summed E-state index contributed by atoms with van der Waals surface area (Å²) in [5, 5.41) is 0. The number of benzene rings is 2. The van der Waals surface area contributed by atoms with Gasteiger partial charge in [-0.1, -0.05) is 6.07 Å². The van der Waals surface area contributed by atoms with Crippen LogP contribution in [0.4, 0.5) is 15.8 Å². The first-order valence-electron chi connectivity index (χ1n) is 8.11. The maximum atomic E-state index is 12.9. The molecule has 0 bridgehead atoms. The average molecular weight is 383 g/mol. The van der Waals surface area contributed by atoms with Gasteiger partial charge in [0.15, 0.2) is 0 Å². The number of hydrogen-bond acceptors (Lipinski definition) is 3. The van der Waals surface area contributed by atoms with Crippen LogP contribution in [0.2, 0.25) is 0 Å². The molecule has 0 radical (unpaired) electrons. The van der Waals surface area contributed by atoms with Crippen LogP contribution in [0.1, 0.15) is 12.5 Å². The molecule has 0 aliphatic heterocycles. The third kappa shape index (κ3) is 5.91. The molecule has 3 nitrogen and oxygen atoms in total. The van der Waals surface area contributed by atoms with Crippen LogP contribution in [0, 0.1) is 5.82 Å². The highest BCUT2D eigenvalue weighted by Gasteiger charge is 2.12. The summed E-state index contributed by atoms with van der Waals surface area (Å²) in [7, 11) is 0. The van der Waals surface area contributed by atoms with Gasteiger partial charge < -0.3 is 9.64 Å². The summed E-state index contributed by atoms with van der Waals surface area (Å²) >= 11 is 11.8. The zero-order valence-corrected chi connectivity index (χ0v) is 15.6. The van der Waals surface area contributed by atoms with Crippen LogP contribution in [0.15, 0.2) is 47.5 Å². The molecule has 6 heteroatoms. The molecule has 0 aliphatic rings. The zero-order chi connectivity index (χ0) is 18.1. The monoisotopic (exact) mass is 382 g/mol. The summed E-state index contributed by atoms with van der Waals surface area (Å²) in [6.45, 7) is 3.88. The predicted octanol–water partition coefficient (Wildman–Crippen LogP) is 5.26. The van der Waals surface area contributed by atoms with Gasteiger partial charge in [-0.15, -0.1) is 23.2 Å². The predicted molar refractivity (Wildman–Crippen MR) is 105 cm³/mol. The Kier molecular flexibility index (Phi) is 8.02. The van der Waals surface area contributed by atoms with Gasteiger partial charge in [0.1, 0.15) is 11.6 Å². The second-order valence-corrected chi connectivity index (χ2v) is 6.02. The minimum absolute atomic E-state index is 0.277. The maximum absolute atomic E-state index is 12.9. The minimum atomic E-state index is -0.277. The molecule has 0 aliphatic carbocycles. The Morgan fingerprint density at radius 1 is 1.08 bits per heavy atom. The number of aliphatic imine (C=N–C) groups is 1. The molecule has 0 amide bonds. The van der Waals surface area contributed by atoms with Crippen molar-refractivity contribution in [2.45, 2.75) is 6.92 Å². The Bertz CT molecular complexity index is 686. The Morgan fingerprint density at radius 3 is 2.36 bits per heavy atom. The van der Waals surface area contributed by atoms with Crippen molar-refractivity contribution in [1.82, 2.24) is 0 Å². The van der Waals surface area contributed by atoms with Gasteiger partial charge in [0, 0.05) is 31.1 Å². The first-order chi connectivity index (χ1) is 12.2. The number of halogens is 3. The first kappa shape index (κ1) is 19.5. The van der Waals surface area contributed by atoms with E-state index in [9.17, 15) is 4.39 Å². The van der Waals surface area contributed by atoms with Crippen molar-refractivity contribution in [2.75, 3.05) is 36.4 Å². The van der Waals surface area contributed by atoms with E-state index in [0.29, 0.717) is 37.1 Å². The number of nitrogens with zero attached hydrogens (tertiary/aromatic N) is 2. The molecule has 0 saturated carbocycles. The highest BCUT2D eigenvalue weighted by Crippen LogP contribution is 2.29. The summed E-state index contributed by atoms with van der Waals surface area (Å²) in [5.41, 5.74) is 2.55. The lowest BCUT2D eigenvalue weighted by Gasteiger charge is -2.25. The number of anilines is 1. The topological polar surface area (TPSA) is 24.8 Å². The molecule has 0 fully saturated rings. The lowest BCUT2D eigenvalue weighted by Crippen LogP contribution is -2.28. The molecule has 0 spiro atoms. The van der Waals surface area contributed by atoms with E-state index in [2.05, 4.69) is 9.89 Å². The van der Waals surface area contributed by atoms with Crippen LogP contribution >= 0.6 is 23.2 Å². The summed E-state index contributed by atoms with van der Waals surface area (Å²) in [6.07, 6.45) is 1.73. The van der Waals surface area contributed by atoms with E-state index in [4.69, 9.17) is 27.9 Å². The maximum Gasteiger partial charge on any atom is 0.143 e. The molecular formula is C19H21Cl2FN2O. The molecule has 0 aromatic heterocycles. The first-order valence-corrected chi connectivity index (χ1v) is 9.18. The molecule has 0 atom stereocenters. The molecule has 0 unspecified atom stereocenters. The van der Waals surface area contributed by atoms with Crippen LogP contribution in [0.3, 0.4) is 0 Å². The quantitative estimate of drug-likeness (QED) is 0.436. The third-order valence-corrected chi connectivity index (χ3v) is 3.86. The van der Waals surface area contributed by atoms with Gasteiger partial charge in [-0.3, -0.25) is 4.99 Å². The highest BCUT2D eigenvalue weighted by molar-refractivity contribution is 6.18. The van der Waals surface area contributed by atoms with Crippen LogP contribution < -0.4 is 9.64 Å². The summed E-state index contributed by atoms with van der Waals surface area (Å²) < 4.78 is 18.7. The average Bonchev–Trinajstić information content (AvgIpc) is 2.62. The van der Waals surface area contributed by atoms with Gasteiger partial charge in [-0.05, 0) is 48.9 Å². The van der Waals surface area contributed by atoms with Crippen molar-refractivity contribution in [3.63, 3.8) is 0 Å². The fraction of sp³-hybridized carbons (Fsp3) is 0.316. The SMILES string of the molecule is CCOc1cc(C=Nc2ccc(F)cc2)ccc1N(CCCl)CCCl. The fourth-order valence-electron chi connectivity index (χ4n) is 2.38. The van der Waals surface area contributed by atoms with E-state index < -0.39 is 0 Å². The van der Waals surface area contributed by atoms with Crippen LogP contribution in [-0.4, -0.2) is 37.7 Å². The normalized spacial score (nSPS) is 11.0. The Morgan fingerprint density at radius 2 is 1.76 bits per heavy atom. The Balaban J connectivity index is 2.25. The van der Waals surface area contributed by atoms with Crippen LogP contribution in [0.25, 0.3) is 0 Å². The molecule has 2 rings (SSSR count). The Labute approximate surface area is 158 Å². The van der Waals surface area contributed by atoms with Crippen molar-refractivity contribution in [1.29, 1.82) is 0 Å². The standard InChI is InChI=1S/C19H21Cl2FN2O/c1-2-25-19-13-15(14-23-17-6-4-16(22)5-7-17)3-8-18(19)24(11-9-20)12-10-21/h3-8,13-14H,2,9-12H2,1H3. The van der Waals surface area contributed by atoms with Crippen molar-refractivity contribution in [3.05, 3.63) is 53.8 Å². The molecular weight excluding hydrogens is 362 g/mol. The molecule has 2 aromatic rings. The van der Waals surface area contributed by atoms with Crippen molar-refractivity contribution in [3.8, 4) is 5.75 Å². The van der Waals surface area contributed by atoms with Crippen molar-refractivity contribution in [2.24, 2.45) is 4.99 Å². The van der Waals surface area contributed by atoms with Gasteiger partial charge in [-0.25, -0.2) is 4.39 Å². The largest absolute Gasteiger partial charge is 0.492 e. The van der Waals surface area contributed by atoms with E-state index in [-0.39, 0.29) is 5.82 Å². The smallest absolute Gasteiger partial charge is 0.143 e. The number of rotatable bonds is 9. The second kappa shape index (κ2) is 10.3. The van der Waals surface area contributed by atoms with Gasteiger partial charge in [0.2, 0.25) is 0 Å².